The zero-order valence-corrected chi connectivity index (χ0v) is 9.13. The third kappa shape index (κ3) is 3.19. The number of rotatable bonds is 3. The highest BCUT2D eigenvalue weighted by atomic mass is 32.1. The Hall–Kier alpha value is 0.660. The minimum Gasteiger partial charge on any atom is -0.777 e. The van der Waals surface area contributed by atoms with Crippen LogP contribution in [0, 0.1) is 0 Å². The van der Waals surface area contributed by atoms with E-state index in [0.29, 0.717) is 17.8 Å². The van der Waals surface area contributed by atoms with E-state index in [2.05, 4.69) is 4.90 Å². The molecular weight excluding hydrogens is 186 g/mol. The summed E-state index contributed by atoms with van der Waals surface area (Å²) >= 11 is 10.1. The van der Waals surface area contributed by atoms with Crippen molar-refractivity contribution in [3.63, 3.8) is 0 Å². The molecule has 0 amide bonds. The van der Waals surface area contributed by atoms with Gasteiger partial charge in [-0.15, -0.1) is 11.8 Å². The van der Waals surface area contributed by atoms with Gasteiger partial charge in [0.05, 0.1) is 0 Å². The van der Waals surface area contributed by atoms with Crippen LogP contribution >= 0.6 is 0 Å². The lowest BCUT2D eigenvalue weighted by molar-refractivity contribution is 0.247. The van der Waals surface area contributed by atoms with Gasteiger partial charge in [0, 0.05) is 6.04 Å². The Morgan fingerprint density at radius 3 is 1.83 bits per heavy atom. The average Bonchev–Trinajstić information content (AvgIpc) is 2.35. The zero-order chi connectivity index (χ0) is 8.81. The van der Waals surface area contributed by atoms with E-state index in [1.54, 1.807) is 0 Å². The fourth-order valence-electron chi connectivity index (χ4n) is 1.87. The predicted molar refractivity (Wildman–Crippen MR) is 57.8 cm³/mol. The third-order valence-electron chi connectivity index (χ3n) is 2.67. The van der Waals surface area contributed by atoms with E-state index in [4.69, 9.17) is 25.3 Å². The summed E-state index contributed by atoms with van der Waals surface area (Å²) in [7, 11) is 0. The molecule has 0 bridgehead atoms. The van der Waals surface area contributed by atoms with E-state index >= 15 is 0 Å². The van der Waals surface area contributed by atoms with Gasteiger partial charge in [-0.25, -0.2) is 0 Å². The molecule has 1 nitrogen and oxygen atoms in total. The Morgan fingerprint density at radius 1 is 0.917 bits per heavy atom. The van der Waals surface area contributed by atoms with Gasteiger partial charge in [-0.05, 0) is 12.8 Å². The van der Waals surface area contributed by atoms with Crippen molar-refractivity contribution in [2.75, 3.05) is 11.8 Å². The molecule has 0 aromatic rings. The molecule has 1 fully saturated rings. The maximum Gasteiger partial charge on any atom is 0.00532 e. The highest BCUT2D eigenvalue weighted by molar-refractivity contribution is 7.59. The highest BCUT2D eigenvalue weighted by Crippen LogP contribution is 2.21. The molecule has 12 heavy (non-hydrogen) atoms. The molecule has 1 aliphatic rings. The molecule has 1 saturated carbocycles. The van der Waals surface area contributed by atoms with Gasteiger partial charge in [-0.1, -0.05) is 25.7 Å². The normalized spacial score (nSPS) is 21.2. The predicted octanol–water partition coefficient (Wildman–Crippen LogP) is 2.02. The van der Waals surface area contributed by atoms with Gasteiger partial charge in [-0.2, -0.15) is 0 Å². The number of hydrogen-bond donors (Lipinski definition) is 0. The summed E-state index contributed by atoms with van der Waals surface area (Å²) in [6.07, 6.45) is 8.16. The molecule has 0 aromatic heterocycles. The van der Waals surface area contributed by atoms with Gasteiger partial charge in [0.1, 0.15) is 0 Å². The molecule has 72 valence electrons. The van der Waals surface area contributed by atoms with E-state index in [0.717, 1.165) is 0 Å². The maximum absolute atomic E-state index is 5.06. The molecule has 0 radical (unpaired) electrons. The first-order chi connectivity index (χ1) is 5.88. The summed E-state index contributed by atoms with van der Waals surface area (Å²) in [6.45, 7) is 0. The lowest BCUT2D eigenvalue weighted by Crippen LogP contribution is -2.35. The second-order valence-corrected chi connectivity index (χ2v) is 4.01. The summed E-state index contributed by atoms with van der Waals surface area (Å²) in [5, 5.41) is 0. The first-order valence-corrected chi connectivity index (χ1v) is 5.94. The third-order valence-corrected chi connectivity index (χ3v) is 3.34. The molecule has 0 N–H and O–H groups in total. The Morgan fingerprint density at radius 2 is 1.42 bits per heavy atom. The quantitative estimate of drug-likeness (QED) is 0.510. The Labute approximate surface area is 86.7 Å². The standard InChI is InChI=1S/C9H19NS2/c11-7-10(8-12)9-5-3-1-2-4-6-9/h9,11-12H,1-8H2/p-2. The smallest absolute Gasteiger partial charge is 0.00532 e. The molecule has 0 heterocycles. The monoisotopic (exact) mass is 203 g/mol. The van der Waals surface area contributed by atoms with Gasteiger partial charge < -0.3 is 30.2 Å². The van der Waals surface area contributed by atoms with Gasteiger partial charge in [0.2, 0.25) is 0 Å². The minimum absolute atomic E-state index is 0.697. The van der Waals surface area contributed by atoms with Crippen LogP contribution in [0.25, 0.3) is 0 Å². The van der Waals surface area contributed by atoms with Crippen molar-refractivity contribution in [1.82, 2.24) is 4.90 Å². The van der Waals surface area contributed by atoms with Gasteiger partial charge in [0.25, 0.3) is 0 Å². The van der Waals surface area contributed by atoms with E-state index < -0.39 is 0 Å². The highest BCUT2D eigenvalue weighted by Gasteiger charge is 2.13. The molecular formula is C9H17NS2-2. The molecule has 3 heteroatoms. The Kier molecular flexibility index (Phi) is 5.52. The van der Waals surface area contributed by atoms with Crippen molar-refractivity contribution < 1.29 is 0 Å². The zero-order valence-electron chi connectivity index (χ0n) is 7.50. The molecule has 1 rings (SSSR count). The summed E-state index contributed by atoms with van der Waals surface area (Å²) < 4.78 is 0. The fourth-order valence-corrected chi connectivity index (χ4v) is 2.59. The van der Waals surface area contributed by atoms with Crippen LogP contribution in [0.2, 0.25) is 0 Å². The van der Waals surface area contributed by atoms with E-state index in [1.165, 1.54) is 38.5 Å². The van der Waals surface area contributed by atoms with Crippen LogP contribution in [0.3, 0.4) is 0 Å². The average molecular weight is 203 g/mol. The van der Waals surface area contributed by atoms with E-state index in [-0.39, 0.29) is 0 Å². The maximum atomic E-state index is 5.06. The Bertz CT molecular complexity index is 107. The minimum atomic E-state index is 0.697. The van der Waals surface area contributed by atoms with Gasteiger partial charge in [0.15, 0.2) is 0 Å². The topological polar surface area (TPSA) is 3.24 Å². The molecule has 0 saturated heterocycles. The van der Waals surface area contributed by atoms with Crippen molar-refractivity contribution >= 4 is 25.3 Å². The van der Waals surface area contributed by atoms with E-state index in [9.17, 15) is 0 Å². The molecule has 0 aliphatic heterocycles. The van der Waals surface area contributed by atoms with Crippen LogP contribution in [0.5, 0.6) is 0 Å². The second kappa shape index (κ2) is 6.17. The first-order valence-electron chi connectivity index (χ1n) is 4.78. The van der Waals surface area contributed by atoms with Crippen molar-refractivity contribution in [2.24, 2.45) is 0 Å². The number of hydrogen-bond acceptors (Lipinski definition) is 3. The van der Waals surface area contributed by atoms with Crippen LogP contribution < -0.4 is 0 Å². The van der Waals surface area contributed by atoms with Crippen LogP contribution in [-0.4, -0.2) is 22.7 Å². The largest absolute Gasteiger partial charge is 0.777 e. The van der Waals surface area contributed by atoms with Gasteiger partial charge >= 0.3 is 0 Å². The molecule has 1 aliphatic carbocycles. The van der Waals surface area contributed by atoms with Crippen molar-refractivity contribution in [1.29, 1.82) is 0 Å². The molecule has 0 spiro atoms. The van der Waals surface area contributed by atoms with Crippen molar-refractivity contribution in [3.05, 3.63) is 0 Å². The summed E-state index contributed by atoms with van der Waals surface area (Å²) in [6, 6.07) is 0.697. The summed E-state index contributed by atoms with van der Waals surface area (Å²) in [4.78, 5) is 2.26. The van der Waals surface area contributed by atoms with Gasteiger partial charge in [-0.3, -0.25) is 0 Å². The lowest BCUT2D eigenvalue weighted by atomic mass is 10.1. The molecule has 0 unspecified atom stereocenters. The van der Waals surface area contributed by atoms with Crippen LogP contribution in [0.4, 0.5) is 0 Å². The van der Waals surface area contributed by atoms with Crippen LogP contribution in [0.1, 0.15) is 38.5 Å². The second-order valence-electron chi connectivity index (χ2n) is 3.49. The van der Waals surface area contributed by atoms with Crippen molar-refractivity contribution in [3.8, 4) is 0 Å². The SMILES string of the molecule is [S-]CN(C[S-])C1CCCCCC1. The van der Waals surface area contributed by atoms with Crippen molar-refractivity contribution in [2.45, 2.75) is 44.6 Å². The fraction of sp³-hybridized carbons (Fsp3) is 1.00. The summed E-state index contributed by atoms with van der Waals surface area (Å²) in [5.41, 5.74) is 0. The number of nitrogens with zero attached hydrogens (tertiary/aromatic N) is 1. The molecule has 0 aromatic carbocycles. The first kappa shape index (κ1) is 10.7. The summed E-state index contributed by atoms with van der Waals surface area (Å²) in [5.74, 6) is 1.43. The van der Waals surface area contributed by atoms with Crippen LogP contribution in [0.15, 0.2) is 0 Å². The molecule has 0 atom stereocenters. The lowest BCUT2D eigenvalue weighted by Gasteiger charge is -2.37. The van der Waals surface area contributed by atoms with Crippen LogP contribution in [-0.2, 0) is 25.3 Å². The Balaban J connectivity index is 2.35. The van der Waals surface area contributed by atoms with E-state index in [1.807, 2.05) is 0 Å².